The van der Waals surface area contributed by atoms with Crippen LogP contribution >= 0.6 is 0 Å². The summed E-state index contributed by atoms with van der Waals surface area (Å²) in [4.78, 5) is 4.73. The molecule has 0 N–H and O–H groups in total. The van der Waals surface area contributed by atoms with E-state index in [0.29, 0.717) is 5.92 Å². The number of piperazine rings is 1. The summed E-state index contributed by atoms with van der Waals surface area (Å²) in [5.41, 5.74) is 0. The van der Waals surface area contributed by atoms with Gasteiger partial charge in [-0.25, -0.2) is 0 Å². The predicted molar refractivity (Wildman–Crippen MR) is 59.0 cm³/mol. The van der Waals surface area contributed by atoms with Crippen LogP contribution in [-0.2, 0) is 6.54 Å². The third kappa shape index (κ3) is 2.25. The zero-order valence-corrected chi connectivity index (χ0v) is 9.72. The van der Waals surface area contributed by atoms with Crippen LogP contribution in [0.3, 0.4) is 0 Å². The highest BCUT2D eigenvalue weighted by molar-refractivity contribution is 5.00. The van der Waals surface area contributed by atoms with E-state index in [-0.39, 0.29) is 0 Å². The van der Waals surface area contributed by atoms with E-state index >= 15 is 0 Å². The zero-order valence-electron chi connectivity index (χ0n) is 9.72. The molecule has 1 aliphatic carbocycles. The van der Waals surface area contributed by atoms with Crippen molar-refractivity contribution in [3.63, 3.8) is 0 Å². The summed E-state index contributed by atoms with van der Waals surface area (Å²) < 4.78 is 5.66. The van der Waals surface area contributed by atoms with Crippen molar-refractivity contribution in [1.29, 1.82) is 0 Å². The Kier molecular flexibility index (Phi) is 2.65. The number of hydrogen-bond donors (Lipinski definition) is 0. The average Bonchev–Trinajstić information content (AvgIpc) is 3.04. The van der Waals surface area contributed by atoms with E-state index in [0.717, 1.165) is 44.5 Å². The van der Waals surface area contributed by atoms with Crippen LogP contribution in [0.25, 0.3) is 0 Å². The molecule has 1 aromatic rings. The van der Waals surface area contributed by atoms with Crippen molar-refractivity contribution < 1.29 is 4.42 Å². The van der Waals surface area contributed by atoms with E-state index in [4.69, 9.17) is 4.42 Å². The lowest BCUT2D eigenvalue weighted by Gasteiger charge is -2.31. The van der Waals surface area contributed by atoms with E-state index in [1.54, 1.807) is 0 Å². The maximum absolute atomic E-state index is 5.66. The van der Waals surface area contributed by atoms with E-state index < -0.39 is 0 Å². The van der Waals surface area contributed by atoms with Gasteiger partial charge in [0, 0.05) is 32.1 Å². The van der Waals surface area contributed by atoms with Crippen molar-refractivity contribution in [3.8, 4) is 0 Å². The molecular weight excluding hydrogens is 204 g/mol. The van der Waals surface area contributed by atoms with Gasteiger partial charge >= 0.3 is 0 Å². The minimum atomic E-state index is 0.564. The lowest BCUT2D eigenvalue weighted by molar-refractivity contribution is 0.137. The first-order valence-electron chi connectivity index (χ1n) is 6.04. The quantitative estimate of drug-likeness (QED) is 0.753. The maximum Gasteiger partial charge on any atom is 0.230 e. The molecule has 5 nitrogen and oxygen atoms in total. The normalized spacial score (nSPS) is 23.8. The van der Waals surface area contributed by atoms with Gasteiger partial charge in [0.05, 0.1) is 6.54 Å². The number of rotatable bonds is 3. The molecular formula is C11H18N4O. The Bertz CT molecular complexity index is 353. The molecule has 2 aliphatic rings. The molecule has 88 valence electrons. The third-order valence-electron chi connectivity index (χ3n) is 3.36. The van der Waals surface area contributed by atoms with Gasteiger partial charge in [0.25, 0.3) is 0 Å². The smallest absolute Gasteiger partial charge is 0.230 e. The first-order valence-corrected chi connectivity index (χ1v) is 6.04. The second-order valence-corrected chi connectivity index (χ2v) is 4.89. The Morgan fingerprint density at radius 1 is 1.19 bits per heavy atom. The summed E-state index contributed by atoms with van der Waals surface area (Å²) in [5, 5.41) is 8.22. The van der Waals surface area contributed by atoms with Crippen molar-refractivity contribution in [2.45, 2.75) is 25.3 Å². The van der Waals surface area contributed by atoms with Crippen molar-refractivity contribution in [1.82, 2.24) is 20.0 Å². The molecule has 0 amide bonds. The standard InChI is InChI=1S/C11H18N4O/c1-14-4-6-15(7-5-14)8-10-12-13-11(16-10)9-2-3-9/h9H,2-8H2,1H3. The van der Waals surface area contributed by atoms with Gasteiger partial charge in [-0.05, 0) is 19.9 Å². The van der Waals surface area contributed by atoms with E-state index in [1.165, 1.54) is 12.8 Å². The fraction of sp³-hybridized carbons (Fsp3) is 0.818. The molecule has 3 rings (SSSR count). The number of aromatic nitrogens is 2. The third-order valence-corrected chi connectivity index (χ3v) is 3.36. The van der Waals surface area contributed by atoms with Crippen LogP contribution in [0.15, 0.2) is 4.42 Å². The van der Waals surface area contributed by atoms with Gasteiger partial charge in [-0.15, -0.1) is 10.2 Å². The summed E-state index contributed by atoms with van der Waals surface area (Å²) in [6, 6.07) is 0. The molecule has 1 aromatic heterocycles. The summed E-state index contributed by atoms with van der Waals surface area (Å²) >= 11 is 0. The first-order chi connectivity index (χ1) is 7.81. The maximum atomic E-state index is 5.66. The Morgan fingerprint density at radius 2 is 1.94 bits per heavy atom. The van der Waals surface area contributed by atoms with Crippen molar-refractivity contribution in [2.24, 2.45) is 0 Å². The molecule has 0 aromatic carbocycles. The summed E-state index contributed by atoms with van der Waals surface area (Å²) in [5.74, 6) is 2.20. The van der Waals surface area contributed by atoms with Crippen molar-refractivity contribution >= 4 is 0 Å². The molecule has 0 bridgehead atoms. The molecule has 2 heterocycles. The van der Waals surface area contributed by atoms with Crippen LogP contribution in [0.1, 0.15) is 30.5 Å². The Labute approximate surface area is 95.4 Å². The SMILES string of the molecule is CN1CCN(Cc2nnc(C3CC3)o2)CC1. The van der Waals surface area contributed by atoms with Gasteiger partial charge in [-0.2, -0.15) is 0 Å². The number of nitrogens with zero attached hydrogens (tertiary/aromatic N) is 4. The summed E-state index contributed by atoms with van der Waals surface area (Å²) in [6.45, 7) is 5.26. The van der Waals surface area contributed by atoms with Crippen LogP contribution in [-0.4, -0.2) is 53.2 Å². The molecule has 2 fully saturated rings. The molecule has 0 atom stereocenters. The molecule has 5 heteroatoms. The highest BCUT2D eigenvalue weighted by Crippen LogP contribution is 2.39. The summed E-state index contributed by atoms with van der Waals surface area (Å²) in [7, 11) is 2.16. The molecule has 1 aliphatic heterocycles. The summed E-state index contributed by atoms with van der Waals surface area (Å²) in [6.07, 6.45) is 2.44. The van der Waals surface area contributed by atoms with Crippen LogP contribution in [0, 0.1) is 0 Å². The van der Waals surface area contributed by atoms with Gasteiger partial charge in [0.1, 0.15) is 0 Å². The molecule has 0 unspecified atom stereocenters. The van der Waals surface area contributed by atoms with Gasteiger partial charge in [0.2, 0.25) is 11.8 Å². The average molecular weight is 222 g/mol. The largest absolute Gasteiger partial charge is 0.424 e. The predicted octanol–water partition coefficient (Wildman–Crippen LogP) is 0.694. The van der Waals surface area contributed by atoms with E-state index in [2.05, 4.69) is 27.0 Å². The Balaban J connectivity index is 1.56. The highest BCUT2D eigenvalue weighted by Gasteiger charge is 2.29. The molecule has 1 saturated carbocycles. The van der Waals surface area contributed by atoms with Gasteiger partial charge in [0.15, 0.2) is 0 Å². The van der Waals surface area contributed by atoms with Gasteiger partial charge in [-0.3, -0.25) is 4.90 Å². The molecule has 0 spiro atoms. The first kappa shape index (κ1) is 10.2. The zero-order chi connectivity index (χ0) is 11.0. The second kappa shape index (κ2) is 4.14. The van der Waals surface area contributed by atoms with Crippen molar-refractivity contribution in [2.75, 3.05) is 33.2 Å². The lowest BCUT2D eigenvalue weighted by Crippen LogP contribution is -2.43. The van der Waals surface area contributed by atoms with E-state index in [1.807, 2.05) is 0 Å². The van der Waals surface area contributed by atoms with Crippen LogP contribution in [0.5, 0.6) is 0 Å². The number of likely N-dealkylation sites (N-methyl/N-ethyl adjacent to an activating group) is 1. The lowest BCUT2D eigenvalue weighted by atomic mass is 10.3. The van der Waals surface area contributed by atoms with Gasteiger partial charge < -0.3 is 9.32 Å². The minimum absolute atomic E-state index is 0.564. The highest BCUT2D eigenvalue weighted by atomic mass is 16.4. The fourth-order valence-corrected chi connectivity index (χ4v) is 2.02. The van der Waals surface area contributed by atoms with Gasteiger partial charge in [-0.1, -0.05) is 0 Å². The topological polar surface area (TPSA) is 45.4 Å². The minimum Gasteiger partial charge on any atom is -0.424 e. The van der Waals surface area contributed by atoms with Crippen molar-refractivity contribution in [3.05, 3.63) is 11.8 Å². The van der Waals surface area contributed by atoms with Crippen LogP contribution in [0.4, 0.5) is 0 Å². The molecule has 16 heavy (non-hydrogen) atoms. The van der Waals surface area contributed by atoms with Crippen LogP contribution in [0.2, 0.25) is 0 Å². The Morgan fingerprint density at radius 3 is 2.62 bits per heavy atom. The number of hydrogen-bond acceptors (Lipinski definition) is 5. The second-order valence-electron chi connectivity index (χ2n) is 4.89. The van der Waals surface area contributed by atoms with Crippen LogP contribution < -0.4 is 0 Å². The fourth-order valence-electron chi connectivity index (χ4n) is 2.02. The monoisotopic (exact) mass is 222 g/mol. The molecule has 0 radical (unpaired) electrons. The Hall–Kier alpha value is -0.940. The van der Waals surface area contributed by atoms with E-state index in [9.17, 15) is 0 Å². The molecule has 1 saturated heterocycles.